The van der Waals surface area contributed by atoms with Gasteiger partial charge in [-0.05, 0) is 54.1 Å². The maximum absolute atomic E-state index is 13.7. The SMILES string of the molecule is COc1cccc(C2C(C(=O)c3cc4cc(Cl)ccc4o3)=C(O)C(=O)N2c2cccc(OC(F)(F)F)c2)c1. The van der Waals surface area contributed by atoms with Gasteiger partial charge >= 0.3 is 6.36 Å². The lowest BCUT2D eigenvalue weighted by Crippen LogP contribution is -2.31. The van der Waals surface area contributed by atoms with Crippen LogP contribution in [0.25, 0.3) is 11.0 Å². The Bertz CT molecular complexity index is 1610. The van der Waals surface area contributed by atoms with E-state index >= 15 is 0 Å². The maximum Gasteiger partial charge on any atom is 0.573 e. The van der Waals surface area contributed by atoms with Gasteiger partial charge in [-0.3, -0.25) is 14.5 Å². The second kappa shape index (κ2) is 9.46. The highest BCUT2D eigenvalue weighted by Crippen LogP contribution is 2.44. The molecular weight excluding hydrogens is 527 g/mol. The van der Waals surface area contributed by atoms with Crippen LogP contribution in [0.2, 0.25) is 5.02 Å². The number of ether oxygens (including phenoxy) is 2. The number of halogens is 4. The Labute approximate surface area is 218 Å². The predicted molar refractivity (Wildman–Crippen MR) is 132 cm³/mol. The monoisotopic (exact) mass is 543 g/mol. The van der Waals surface area contributed by atoms with Gasteiger partial charge in [-0.15, -0.1) is 13.2 Å². The van der Waals surface area contributed by atoms with Gasteiger partial charge in [0, 0.05) is 22.2 Å². The smallest absolute Gasteiger partial charge is 0.503 e. The molecule has 4 aromatic rings. The van der Waals surface area contributed by atoms with Gasteiger partial charge in [-0.2, -0.15) is 0 Å². The lowest BCUT2D eigenvalue weighted by molar-refractivity contribution is -0.274. The molecule has 1 aromatic heterocycles. The summed E-state index contributed by atoms with van der Waals surface area (Å²) in [6.07, 6.45) is -4.97. The molecule has 11 heteroatoms. The molecule has 38 heavy (non-hydrogen) atoms. The maximum atomic E-state index is 13.7. The minimum Gasteiger partial charge on any atom is -0.503 e. The molecule has 1 amide bonds. The molecule has 0 saturated heterocycles. The van der Waals surface area contributed by atoms with Gasteiger partial charge in [-0.1, -0.05) is 29.8 Å². The predicted octanol–water partition coefficient (Wildman–Crippen LogP) is 6.78. The number of hydrogen-bond donors (Lipinski definition) is 1. The Hall–Kier alpha value is -4.44. The van der Waals surface area contributed by atoms with E-state index in [0.29, 0.717) is 27.3 Å². The number of furan rings is 1. The summed E-state index contributed by atoms with van der Waals surface area (Å²) < 4.78 is 53.5. The molecule has 7 nitrogen and oxygen atoms in total. The minimum atomic E-state index is -4.97. The molecule has 0 saturated carbocycles. The van der Waals surface area contributed by atoms with Crippen molar-refractivity contribution < 1.29 is 41.8 Å². The number of benzene rings is 3. The van der Waals surface area contributed by atoms with Crippen molar-refractivity contribution in [1.82, 2.24) is 0 Å². The first-order chi connectivity index (χ1) is 18.1. The molecule has 0 aliphatic carbocycles. The third-order valence-corrected chi connectivity index (χ3v) is 6.13. The Morgan fingerprint density at radius 3 is 2.50 bits per heavy atom. The van der Waals surface area contributed by atoms with Crippen molar-refractivity contribution in [3.63, 3.8) is 0 Å². The van der Waals surface area contributed by atoms with Gasteiger partial charge in [-0.25, -0.2) is 0 Å². The molecule has 0 fully saturated rings. The second-order valence-electron chi connectivity index (χ2n) is 8.28. The van der Waals surface area contributed by atoms with E-state index < -0.39 is 35.6 Å². The number of ketones is 1. The van der Waals surface area contributed by atoms with Crippen molar-refractivity contribution in [2.24, 2.45) is 0 Å². The van der Waals surface area contributed by atoms with E-state index in [-0.39, 0.29) is 17.0 Å². The van der Waals surface area contributed by atoms with E-state index in [1.807, 2.05) is 0 Å². The molecule has 1 N–H and O–H groups in total. The molecule has 0 spiro atoms. The average Bonchev–Trinajstić information content (AvgIpc) is 3.41. The summed E-state index contributed by atoms with van der Waals surface area (Å²) in [5.41, 5.74) is 0.339. The zero-order valence-corrected chi connectivity index (χ0v) is 20.2. The van der Waals surface area contributed by atoms with Crippen molar-refractivity contribution in [1.29, 1.82) is 0 Å². The molecule has 1 aliphatic heterocycles. The lowest BCUT2D eigenvalue weighted by atomic mass is 9.94. The zero-order chi connectivity index (χ0) is 27.2. The fraction of sp³-hybridized carbons (Fsp3) is 0.111. The van der Waals surface area contributed by atoms with Crippen LogP contribution in [0.5, 0.6) is 11.5 Å². The molecule has 5 rings (SSSR count). The number of methoxy groups -OCH3 is 1. The molecule has 0 radical (unpaired) electrons. The van der Waals surface area contributed by atoms with Gasteiger partial charge < -0.3 is 19.0 Å². The van der Waals surface area contributed by atoms with Crippen LogP contribution in [0.1, 0.15) is 22.2 Å². The number of hydrogen-bond acceptors (Lipinski definition) is 6. The molecule has 0 bridgehead atoms. The summed E-state index contributed by atoms with van der Waals surface area (Å²) >= 11 is 6.03. The van der Waals surface area contributed by atoms with Gasteiger partial charge in [0.15, 0.2) is 11.5 Å². The van der Waals surface area contributed by atoms with Crippen LogP contribution in [0.4, 0.5) is 18.9 Å². The highest BCUT2D eigenvalue weighted by atomic mass is 35.5. The number of fused-ring (bicyclic) bond motifs is 1. The normalized spacial score (nSPS) is 15.9. The van der Waals surface area contributed by atoms with E-state index in [1.165, 1.54) is 25.3 Å². The first-order valence-electron chi connectivity index (χ1n) is 11.1. The van der Waals surface area contributed by atoms with E-state index in [1.54, 1.807) is 42.5 Å². The van der Waals surface area contributed by atoms with Crippen LogP contribution in [0.3, 0.4) is 0 Å². The van der Waals surface area contributed by atoms with Crippen LogP contribution in [0, 0.1) is 0 Å². The van der Waals surface area contributed by atoms with Crippen LogP contribution < -0.4 is 14.4 Å². The Kier molecular flexibility index (Phi) is 6.28. The number of amides is 1. The third-order valence-electron chi connectivity index (χ3n) is 5.89. The average molecular weight is 544 g/mol. The van der Waals surface area contributed by atoms with Crippen molar-refractivity contribution in [3.05, 3.63) is 100 Å². The number of aliphatic hydroxyl groups is 1. The number of carbonyl (C=O) groups is 2. The van der Waals surface area contributed by atoms with Gasteiger partial charge in [0.25, 0.3) is 5.91 Å². The molecule has 1 unspecified atom stereocenters. The molecular formula is C27H17ClF3NO6. The third kappa shape index (κ3) is 4.66. The molecule has 194 valence electrons. The number of rotatable bonds is 6. The van der Waals surface area contributed by atoms with Crippen LogP contribution in [0.15, 0.2) is 88.5 Å². The Morgan fingerprint density at radius 1 is 1.03 bits per heavy atom. The summed E-state index contributed by atoms with van der Waals surface area (Å²) in [6, 6.07) is 16.0. The van der Waals surface area contributed by atoms with E-state index in [4.69, 9.17) is 20.8 Å². The van der Waals surface area contributed by atoms with Crippen LogP contribution in [-0.4, -0.2) is 30.3 Å². The largest absolute Gasteiger partial charge is 0.573 e. The quantitative estimate of drug-likeness (QED) is 0.270. The summed E-state index contributed by atoms with van der Waals surface area (Å²) in [6.45, 7) is 0. The molecule has 1 aliphatic rings. The van der Waals surface area contributed by atoms with Gasteiger partial charge in [0.2, 0.25) is 5.78 Å². The summed E-state index contributed by atoms with van der Waals surface area (Å²) in [7, 11) is 1.42. The van der Waals surface area contributed by atoms with Crippen molar-refractivity contribution in [2.75, 3.05) is 12.0 Å². The number of anilines is 1. The van der Waals surface area contributed by atoms with Crippen molar-refractivity contribution in [3.8, 4) is 11.5 Å². The first kappa shape index (κ1) is 25.2. The second-order valence-corrected chi connectivity index (χ2v) is 8.72. The van der Waals surface area contributed by atoms with E-state index in [9.17, 15) is 27.9 Å². The number of nitrogens with zero attached hydrogens (tertiary/aromatic N) is 1. The van der Waals surface area contributed by atoms with E-state index in [2.05, 4.69) is 4.74 Å². The van der Waals surface area contributed by atoms with Crippen LogP contribution in [-0.2, 0) is 4.79 Å². The van der Waals surface area contributed by atoms with Crippen LogP contribution >= 0.6 is 11.6 Å². The molecule has 2 heterocycles. The number of aliphatic hydroxyl groups excluding tert-OH is 1. The minimum absolute atomic E-state index is 0.0460. The standard InChI is InChI=1S/C27H17ClF3NO6/c1-36-18-6-2-4-14(11-18)23-22(24(33)21-12-15-10-16(28)8-9-20(15)37-21)25(34)26(35)32(23)17-5-3-7-19(13-17)38-27(29,30)31/h2-13,23,34H,1H3. The highest BCUT2D eigenvalue weighted by Gasteiger charge is 2.46. The Balaban J connectivity index is 1.64. The summed E-state index contributed by atoms with van der Waals surface area (Å²) in [5, 5.41) is 11.9. The first-order valence-corrected chi connectivity index (χ1v) is 11.4. The highest BCUT2D eigenvalue weighted by molar-refractivity contribution is 6.31. The van der Waals surface area contributed by atoms with Crippen molar-refractivity contribution in [2.45, 2.75) is 12.4 Å². The zero-order valence-electron chi connectivity index (χ0n) is 19.5. The number of carbonyl (C=O) groups excluding carboxylic acids is 2. The lowest BCUT2D eigenvalue weighted by Gasteiger charge is -2.27. The van der Waals surface area contributed by atoms with Crippen molar-refractivity contribution >= 4 is 39.9 Å². The summed E-state index contributed by atoms with van der Waals surface area (Å²) in [5.74, 6) is -3.02. The fourth-order valence-corrected chi connectivity index (χ4v) is 4.50. The summed E-state index contributed by atoms with van der Waals surface area (Å²) in [4.78, 5) is 28.0. The topological polar surface area (TPSA) is 89.2 Å². The number of alkyl halides is 3. The van der Waals surface area contributed by atoms with Gasteiger partial charge in [0.1, 0.15) is 17.1 Å². The Morgan fingerprint density at radius 2 is 1.76 bits per heavy atom. The van der Waals surface area contributed by atoms with E-state index in [0.717, 1.165) is 17.0 Å². The van der Waals surface area contributed by atoms with Gasteiger partial charge in [0.05, 0.1) is 18.7 Å². The fourth-order valence-electron chi connectivity index (χ4n) is 4.32. The number of Topliss-reactive ketones (excluding diaryl/α,β-unsaturated/α-hetero) is 1. The molecule has 1 atom stereocenters. The molecule has 3 aromatic carbocycles.